The first-order chi connectivity index (χ1) is 15.2. The molecule has 0 aliphatic carbocycles. The molecule has 1 nitrogen and oxygen atoms in total. The largest absolute Gasteiger partial charge is 0.372 e. The molecule has 156 valence electrons. The van der Waals surface area contributed by atoms with Crippen molar-refractivity contribution in [2.75, 3.05) is 0 Å². The zero-order valence-electron chi connectivity index (χ0n) is 18.5. The van der Waals surface area contributed by atoms with Gasteiger partial charge in [0.1, 0.15) is 0 Å². The molecule has 0 saturated carbocycles. The third kappa shape index (κ3) is 5.93. The SMILES string of the molecule is Cc1ccc(Cc2ccccc2COCc2ccccc2Cc2ccc(C)cc2)cc1. The van der Waals surface area contributed by atoms with Gasteiger partial charge in [-0.2, -0.15) is 0 Å². The molecule has 0 amide bonds. The summed E-state index contributed by atoms with van der Waals surface area (Å²) >= 11 is 0. The van der Waals surface area contributed by atoms with Crippen molar-refractivity contribution in [2.24, 2.45) is 0 Å². The third-order valence-corrected chi connectivity index (χ3v) is 5.78. The second kappa shape index (κ2) is 10.2. The molecule has 0 spiro atoms. The average Bonchev–Trinajstić information content (AvgIpc) is 2.79. The van der Waals surface area contributed by atoms with E-state index in [2.05, 4.69) is 111 Å². The van der Waals surface area contributed by atoms with Gasteiger partial charge in [-0.05, 0) is 60.1 Å². The van der Waals surface area contributed by atoms with E-state index in [-0.39, 0.29) is 0 Å². The van der Waals surface area contributed by atoms with Crippen LogP contribution in [0.2, 0.25) is 0 Å². The normalized spacial score (nSPS) is 10.9. The zero-order valence-corrected chi connectivity index (χ0v) is 18.5. The molecule has 1 heteroatoms. The number of rotatable bonds is 8. The molecule has 0 fully saturated rings. The van der Waals surface area contributed by atoms with Gasteiger partial charge in [0, 0.05) is 0 Å². The van der Waals surface area contributed by atoms with Gasteiger partial charge in [-0.15, -0.1) is 0 Å². The molecular formula is C30H30O. The Bertz CT molecular complexity index is 1020. The van der Waals surface area contributed by atoms with E-state index in [0.717, 1.165) is 12.8 Å². The quantitative estimate of drug-likeness (QED) is 0.300. The molecule has 0 N–H and O–H groups in total. The van der Waals surface area contributed by atoms with Crippen LogP contribution < -0.4 is 0 Å². The molecule has 0 heterocycles. The van der Waals surface area contributed by atoms with Crippen molar-refractivity contribution in [3.8, 4) is 0 Å². The molecule has 31 heavy (non-hydrogen) atoms. The zero-order chi connectivity index (χ0) is 21.5. The Morgan fingerprint density at radius 2 is 0.806 bits per heavy atom. The third-order valence-electron chi connectivity index (χ3n) is 5.78. The average molecular weight is 407 g/mol. The topological polar surface area (TPSA) is 9.23 Å². The van der Waals surface area contributed by atoms with Gasteiger partial charge in [-0.25, -0.2) is 0 Å². The number of ether oxygens (including phenoxy) is 1. The second-order valence-corrected chi connectivity index (χ2v) is 8.35. The van der Waals surface area contributed by atoms with E-state index < -0.39 is 0 Å². The number of hydrogen-bond acceptors (Lipinski definition) is 1. The monoisotopic (exact) mass is 406 g/mol. The second-order valence-electron chi connectivity index (χ2n) is 8.35. The molecule has 0 atom stereocenters. The van der Waals surface area contributed by atoms with E-state index in [1.54, 1.807) is 0 Å². The van der Waals surface area contributed by atoms with Gasteiger partial charge in [0.25, 0.3) is 0 Å². The minimum absolute atomic E-state index is 0.626. The van der Waals surface area contributed by atoms with Crippen LogP contribution in [0.3, 0.4) is 0 Å². The minimum atomic E-state index is 0.626. The number of hydrogen-bond donors (Lipinski definition) is 0. The van der Waals surface area contributed by atoms with Crippen molar-refractivity contribution in [1.82, 2.24) is 0 Å². The van der Waals surface area contributed by atoms with E-state index >= 15 is 0 Å². The van der Waals surface area contributed by atoms with Crippen molar-refractivity contribution < 1.29 is 4.74 Å². The summed E-state index contributed by atoms with van der Waals surface area (Å²) in [4.78, 5) is 0. The maximum Gasteiger partial charge on any atom is 0.0724 e. The summed E-state index contributed by atoms with van der Waals surface area (Å²) in [6.07, 6.45) is 1.87. The fourth-order valence-electron chi connectivity index (χ4n) is 3.86. The van der Waals surface area contributed by atoms with E-state index in [1.807, 2.05) is 0 Å². The van der Waals surface area contributed by atoms with Gasteiger partial charge in [-0.1, -0.05) is 108 Å². The number of benzene rings is 4. The lowest BCUT2D eigenvalue weighted by Crippen LogP contribution is -2.02. The minimum Gasteiger partial charge on any atom is -0.372 e. The molecule has 0 aliphatic rings. The van der Waals surface area contributed by atoms with Crippen LogP contribution in [0.25, 0.3) is 0 Å². The van der Waals surface area contributed by atoms with Gasteiger partial charge < -0.3 is 4.74 Å². The van der Waals surface area contributed by atoms with Gasteiger partial charge in [0.15, 0.2) is 0 Å². The lowest BCUT2D eigenvalue weighted by atomic mass is 9.99. The Morgan fingerprint density at radius 3 is 1.19 bits per heavy atom. The Hall–Kier alpha value is -3.16. The predicted molar refractivity (Wildman–Crippen MR) is 129 cm³/mol. The summed E-state index contributed by atoms with van der Waals surface area (Å²) in [5, 5.41) is 0. The molecule has 0 saturated heterocycles. The molecule has 0 bridgehead atoms. The fourth-order valence-corrected chi connectivity index (χ4v) is 3.86. The summed E-state index contributed by atoms with van der Waals surface area (Å²) in [5.41, 5.74) is 10.5. The van der Waals surface area contributed by atoms with Crippen LogP contribution >= 0.6 is 0 Å². The molecule has 4 rings (SSSR count). The molecule has 4 aromatic rings. The predicted octanol–water partition coefficient (Wildman–Crippen LogP) is 7.20. The maximum absolute atomic E-state index is 6.20. The van der Waals surface area contributed by atoms with Crippen LogP contribution in [0.15, 0.2) is 97.1 Å². The lowest BCUT2D eigenvalue weighted by Gasteiger charge is -2.13. The fraction of sp³-hybridized carbons (Fsp3) is 0.200. The highest BCUT2D eigenvalue weighted by Gasteiger charge is 2.07. The summed E-state index contributed by atoms with van der Waals surface area (Å²) in [7, 11) is 0. The molecule has 0 radical (unpaired) electrons. The van der Waals surface area contributed by atoms with Crippen LogP contribution in [-0.4, -0.2) is 0 Å². The molecule has 0 aromatic heterocycles. The lowest BCUT2D eigenvalue weighted by molar-refractivity contribution is 0.106. The highest BCUT2D eigenvalue weighted by atomic mass is 16.5. The molecule has 0 aliphatic heterocycles. The smallest absolute Gasteiger partial charge is 0.0724 e. The molecule has 4 aromatic carbocycles. The van der Waals surface area contributed by atoms with Crippen molar-refractivity contribution in [1.29, 1.82) is 0 Å². The van der Waals surface area contributed by atoms with Gasteiger partial charge in [0.2, 0.25) is 0 Å². The van der Waals surface area contributed by atoms with Crippen LogP contribution in [0.5, 0.6) is 0 Å². The van der Waals surface area contributed by atoms with E-state index in [0.29, 0.717) is 13.2 Å². The summed E-state index contributed by atoms with van der Waals surface area (Å²) in [6, 6.07) is 34.8. The van der Waals surface area contributed by atoms with Crippen LogP contribution in [0.1, 0.15) is 44.5 Å². The van der Waals surface area contributed by atoms with Crippen LogP contribution in [-0.2, 0) is 30.8 Å². The van der Waals surface area contributed by atoms with Crippen molar-refractivity contribution in [3.05, 3.63) is 142 Å². The summed E-state index contributed by atoms with van der Waals surface area (Å²) < 4.78 is 6.20. The van der Waals surface area contributed by atoms with Crippen LogP contribution in [0, 0.1) is 13.8 Å². The van der Waals surface area contributed by atoms with Crippen LogP contribution in [0.4, 0.5) is 0 Å². The first kappa shape index (κ1) is 21.1. The standard InChI is InChI=1S/C30H30O/c1-23-11-15-25(16-12-23)19-27-7-3-5-9-29(27)21-31-22-30-10-6-4-8-28(30)20-26-17-13-24(2)14-18-26/h3-18H,19-22H2,1-2H3. The summed E-state index contributed by atoms with van der Waals surface area (Å²) in [5.74, 6) is 0. The van der Waals surface area contributed by atoms with Crippen molar-refractivity contribution >= 4 is 0 Å². The maximum atomic E-state index is 6.20. The van der Waals surface area contributed by atoms with Gasteiger partial charge in [-0.3, -0.25) is 0 Å². The Balaban J connectivity index is 1.41. The summed E-state index contributed by atoms with van der Waals surface area (Å²) in [6.45, 7) is 5.51. The van der Waals surface area contributed by atoms with E-state index in [1.165, 1.54) is 44.5 Å². The Morgan fingerprint density at radius 1 is 0.452 bits per heavy atom. The van der Waals surface area contributed by atoms with Crippen molar-refractivity contribution in [3.63, 3.8) is 0 Å². The first-order valence-corrected chi connectivity index (χ1v) is 11.0. The molecule has 0 unspecified atom stereocenters. The highest BCUT2D eigenvalue weighted by molar-refractivity contribution is 5.35. The first-order valence-electron chi connectivity index (χ1n) is 11.0. The van der Waals surface area contributed by atoms with Crippen molar-refractivity contribution in [2.45, 2.75) is 39.9 Å². The van der Waals surface area contributed by atoms with E-state index in [9.17, 15) is 0 Å². The molecular weight excluding hydrogens is 376 g/mol. The Labute approximate surface area is 186 Å². The van der Waals surface area contributed by atoms with Gasteiger partial charge in [0.05, 0.1) is 13.2 Å². The Kier molecular flexibility index (Phi) is 6.96. The number of aryl methyl sites for hydroxylation is 2. The van der Waals surface area contributed by atoms with Gasteiger partial charge >= 0.3 is 0 Å². The van der Waals surface area contributed by atoms with E-state index in [4.69, 9.17) is 4.74 Å². The highest BCUT2D eigenvalue weighted by Crippen LogP contribution is 2.19.